The van der Waals surface area contributed by atoms with Gasteiger partial charge in [0.25, 0.3) is 0 Å². The molecule has 3 rings (SSSR count). The zero-order chi connectivity index (χ0) is 13.7. The fourth-order valence-corrected chi connectivity index (χ4v) is 4.22. The van der Waals surface area contributed by atoms with Crippen LogP contribution in [0.1, 0.15) is 70.6 Å². The molecular weight excluding hydrogens is 250 g/mol. The van der Waals surface area contributed by atoms with Crippen LogP contribution in [-0.2, 0) is 9.47 Å². The van der Waals surface area contributed by atoms with Crippen molar-refractivity contribution >= 4 is 0 Å². The van der Waals surface area contributed by atoms with E-state index in [4.69, 9.17) is 9.47 Å². The van der Waals surface area contributed by atoms with Crippen molar-refractivity contribution in [2.45, 2.75) is 88.4 Å². The molecule has 1 heterocycles. The summed E-state index contributed by atoms with van der Waals surface area (Å²) in [5.41, 5.74) is 0.269. The Hall–Kier alpha value is -0.120. The van der Waals surface area contributed by atoms with Crippen LogP contribution < -0.4 is 5.32 Å². The highest BCUT2D eigenvalue weighted by atomic mass is 16.5. The van der Waals surface area contributed by atoms with Gasteiger partial charge in [-0.3, -0.25) is 0 Å². The molecule has 3 aliphatic rings. The maximum absolute atomic E-state index is 6.37. The van der Waals surface area contributed by atoms with Gasteiger partial charge in [-0.2, -0.15) is 0 Å². The Morgan fingerprint density at radius 2 is 1.75 bits per heavy atom. The molecule has 0 radical (unpaired) electrons. The monoisotopic (exact) mass is 281 g/mol. The Balaban J connectivity index is 1.26. The van der Waals surface area contributed by atoms with Crippen molar-refractivity contribution in [3.8, 4) is 0 Å². The van der Waals surface area contributed by atoms with Crippen LogP contribution in [0.15, 0.2) is 0 Å². The summed E-state index contributed by atoms with van der Waals surface area (Å²) < 4.78 is 12.2. The Bertz CT molecular complexity index is 283. The zero-order valence-electron chi connectivity index (χ0n) is 12.9. The number of rotatable bonds is 6. The summed E-state index contributed by atoms with van der Waals surface area (Å²) >= 11 is 0. The molecule has 1 atom stereocenters. The van der Waals surface area contributed by atoms with Crippen LogP contribution >= 0.6 is 0 Å². The predicted octanol–water partition coefficient (Wildman–Crippen LogP) is 3.42. The molecule has 1 N–H and O–H groups in total. The van der Waals surface area contributed by atoms with E-state index in [0.717, 1.165) is 19.7 Å². The second-order valence-corrected chi connectivity index (χ2v) is 7.00. The lowest BCUT2D eigenvalue weighted by Crippen LogP contribution is -2.35. The topological polar surface area (TPSA) is 30.5 Å². The van der Waals surface area contributed by atoms with Crippen LogP contribution in [0.4, 0.5) is 0 Å². The number of ether oxygens (including phenoxy) is 2. The van der Waals surface area contributed by atoms with Crippen LogP contribution in [0, 0.1) is 0 Å². The third-order valence-corrected chi connectivity index (χ3v) is 5.41. The van der Waals surface area contributed by atoms with Gasteiger partial charge in [-0.15, -0.1) is 0 Å². The quantitative estimate of drug-likeness (QED) is 0.757. The van der Waals surface area contributed by atoms with E-state index in [-0.39, 0.29) is 5.60 Å². The van der Waals surface area contributed by atoms with E-state index in [2.05, 4.69) is 5.32 Å². The molecule has 0 aromatic carbocycles. The maximum atomic E-state index is 6.37. The van der Waals surface area contributed by atoms with Crippen LogP contribution in [0.3, 0.4) is 0 Å². The number of nitrogens with one attached hydrogen (secondary N) is 1. The normalized spacial score (nSPS) is 30.3. The summed E-state index contributed by atoms with van der Waals surface area (Å²) in [4.78, 5) is 0. The highest BCUT2D eigenvalue weighted by Crippen LogP contribution is 2.41. The molecule has 1 aliphatic heterocycles. The third-order valence-electron chi connectivity index (χ3n) is 5.41. The van der Waals surface area contributed by atoms with Crippen molar-refractivity contribution in [1.29, 1.82) is 0 Å². The fraction of sp³-hybridized carbons (Fsp3) is 1.00. The van der Waals surface area contributed by atoms with Crippen LogP contribution in [0.5, 0.6) is 0 Å². The second kappa shape index (κ2) is 7.24. The van der Waals surface area contributed by atoms with Crippen LogP contribution in [-0.4, -0.2) is 37.5 Å². The van der Waals surface area contributed by atoms with Gasteiger partial charge in [-0.05, 0) is 38.5 Å². The number of hydrogen-bond donors (Lipinski definition) is 1. The molecule has 0 aromatic heterocycles. The predicted molar refractivity (Wildman–Crippen MR) is 81.0 cm³/mol. The maximum Gasteiger partial charge on any atom is 0.0708 e. The van der Waals surface area contributed by atoms with E-state index < -0.39 is 0 Å². The average Bonchev–Trinajstić information content (AvgIpc) is 3.10. The van der Waals surface area contributed by atoms with Crippen molar-refractivity contribution in [1.82, 2.24) is 5.32 Å². The van der Waals surface area contributed by atoms with Crippen molar-refractivity contribution in [3.63, 3.8) is 0 Å². The Morgan fingerprint density at radius 3 is 2.55 bits per heavy atom. The summed E-state index contributed by atoms with van der Waals surface area (Å²) in [6, 6.07) is 0. The highest BCUT2D eigenvalue weighted by Gasteiger charge is 2.40. The molecule has 0 amide bonds. The van der Waals surface area contributed by atoms with E-state index >= 15 is 0 Å². The summed E-state index contributed by atoms with van der Waals surface area (Å²) in [6.45, 7) is 2.85. The van der Waals surface area contributed by atoms with Crippen LogP contribution in [0.2, 0.25) is 0 Å². The van der Waals surface area contributed by atoms with E-state index in [1.807, 2.05) is 0 Å². The van der Waals surface area contributed by atoms with Gasteiger partial charge in [0.05, 0.1) is 24.4 Å². The van der Waals surface area contributed by atoms with E-state index in [0.29, 0.717) is 12.2 Å². The molecule has 3 nitrogen and oxygen atoms in total. The van der Waals surface area contributed by atoms with Crippen molar-refractivity contribution < 1.29 is 9.47 Å². The highest BCUT2D eigenvalue weighted by molar-refractivity contribution is 4.91. The zero-order valence-corrected chi connectivity index (χ0v) is 12.9. The molecule has 1 saturated heterocycles. The fourth-order valence-electron chi connectivity index (χ4n) is 4.22. The standard InChI is InChI=1S/C17H31NO2/c1-4-9-17(10-5-1)11-8-16(20-17)14-18-12-13-19-15-6-2-3-7-15/h15-16,18H,1-14H2. The van der Waals surface area contributed by atoms with Gasteiger partial charge in [0.2, 0.25) is 0 Å². The molecule has 2 aliphatic carbocycles. The molecule has 3 heteroatoms. The Labute approximate surface area is 123 Å². The smallest absolute Gasteiger partial charge is 0.0708 e. The van der Waals surface area contributed by atoms with Gasteiger partial charge in [0, 0.05) is 13.1 Å². The van der Waals surface area contributed by atoms with E-state index in [9.17, 15) is 0 Å². The molecule has 1 unspecified atom stereocenters. The van der Waals surface area contributed by atoms with E-state index in [1.54, 1.807) is 0 Å². The lowest BCUT2D eigenvalue weighted by Gasteiger charge is -2.33. The van der Waals surface area contributed by atoms with Crippen LogP contribution in [0.25, 0.3) is 0 Å². The Morgan fingerprint density at radius 1 is 0.950 bits per heavy atom. The third kappa shape index (κ3) is 3.96. The van der Waals surface area contributed by atoms with Gasteiger partial charge < -0.3 is 14.8 Å². The first-order chi connectivity index (χ1) is 9.86. The first-order valence-corrected chi connectivity index (χ1v) is 8.86. The lowest BCUT2D eigenvalue weighted by atomic mass is 9.83. The van der Waals surface area contributed by atoms with Gasteiger partial charge in [0.15, 0.2) is 0 Å². The minimum Gasteiger partial charge on any atom is -0.377 e. The average molecular weight is 281 g/mol. The van der Waals surface area contributed by atoms with Gasteiger partial charge in [0.1, 0.15) is 0 Å². The largest absolute Gasteiger partial charge is 0.377 e. The molecule has 2 saturated carbocycles. The molecular formula is C17H31NO2. The van der Waals surface area contributed by atoms with Crippen molar-refractivity contribution in [3.05, 3.63) is 0 Å². The minimum absolute atomic E-state index is 0.269. The molecule has 1 spiro atoms. The van der Waals surface area contributed by atoms with Gasteiger partial charge in [-0.1, -0.05) is 32.1 Å². The molecule has 3 fully saturated rings. The summed E-state index contributed by atoms with van der Waals surface area (Å²) in [5, 5.41) is 3.52. The summed E-state index contributed by atoms with van der Waals surface area (Å²) in [6.07, 6.45) is 15.5. The Kier molecular flexibility index (Phi) is 5.36. The van der Waals surface area contributed by atoms with Gasteiger partial charge >= 0.3 is 0 Å². The molecule has 0 aromatic rings. The summed E-state index contributed by atoms with van der Waals surface area (Å²) in [7, 11) is 0. The molecule has 20 heavy (non-hydrogen) atoms. The second-order valence-electron chi connectivity index (χ2n) is 7.00. The minimum atomic E-state index is 0.269. The molecule has 116 valence electrons. The molecule has 0 bridgehead atoms. The number of hydrogen-bond acceptors (Lipinski definition) is 3. The lowest BCUT2D eigenvalue weighted by molar-refractivity contribution is -0.0627. The first kappa shape index (κ1) is 14.8. The van der Waals surface area contributed by atoms with Crippen molar-refractivity contribution in [2.24, 2.45) is 0 Å². The SMILES string of the molecule is C1CCC2(CC1)CCC(CNCCOC1CCCC1)O2. The van der Waals surface area contributed by atoms with E-state index in [1.165, 1.54) is 70.6 Å². The summed E-state index contributed by atoms with van der Waals surface area (Å²) in [5.74, 6) is 0. The van der Waals surface area contributed by atoms with Crippen molar-refractivity contribution in [2.75, 3.05) is 19.7 Å². The van der Waals surface area contributed by atoms with Gasteiger partial charge in [-0.25, -0.2) is 0 Å². The first-order valence-electron chi connectivity index (χ1n) is 8.86.